The van der Waals surface area contributed by atoms with Crippen LogP contribution < -0.4 is 0 Å². The average molecular weight is 549 g/mol. The van der Waals surface area contributed by atoms with Crippen LogP contribution in [0.5, 0.6) is 0 Å². The lowest BCUT2D eigenvalue weighted by Crippen LogP contribution is -2.00. The highest BCUT2D eigenvalue weighted by atomic mass is 14.8. The zero-order valence-corrected chi connectivity index (χ0v) is 23.6. The molecule has 202 valence electrons. The first-order valence-electron chi connectivity index (χ1n) is 15.0. The smallest absolute Gasteiger partial charge is 0.0780 e. The maximum Gasteiger partial charge on any atom is 0.0780 e. The first-order chi connectivity index (χ1) is 21.3. The zero-order chi connectivity index (χ0) is 28.3. The third-order valence-corrected chi connectivity index (χ3v) is 9.26. The van der Waals surface area contributed by atoms with Crippen LogP contribution in [0.15, 0.2) is 156 Å². The van der Waals surface area contributed by atoms with Gasteiger partial charge in [-0.15, -0.1) is 0 Å². The maximum atomic E-state index is 5.23. The van der Waals surface area contributed by atoms with Crippen LogP contribution in [0, 0.1) is 17.8 Å². The fourth-order valence-electron chi connectivity index (χ4n) is 6.85. The van der Waals surface area contributed by atoms with Crippen LogP contribution in [0.4, 0.5) is 5.69 Å². The second-order valence-electron chi connectivity index (χ2n) is 11.8. The Hall–Kier alpha value is -5.34. The molecule has 2 saturated carbocycles. The van der Waals surface area contributed by atoms with Crippen molar-refractivity contribution in [1.29, 1.82) is 0 Å². The fourth-order valence-corrected chi connectivity index (χ4v) is 6.85. The van der Waals surface area contributed by atoms with Crippen LogP contribution in [-0.4, -0.2) is 10.7 Å². The first-order valence-corrected chi connectivity index (χ1v) is 15.0. The Morgan fingerprint density at radius 2 is 1.44 bits per heavy atom. The van der Waals surface area contributed by atoms with Gasteiger partial charge in [-0.3, -0.25) is 4.98 Å². The normalized spacial score (nSPS) is 20.2. The summed E-state index contributed by atoms with van der Waals surface area (Å²) in [6.07, 6.45) is 10.8. The second-order valence-corrected chi connectivity index (χ2v) is 11.8. The number of para-hydroxylation sites is 1. The van der Waals surface area contributed by atoms with Gasteiger partial charge < -0.3 is 0 Å². The van der Waals surface area contributed by atoms with Crippen molar-refractivity contribution in [2.75, 3.05) is 0 Å². The van der Waals surface area contributed by atoms with Gasteiger partial charge in [0.25, 0.3) is 0 Å². The molecule has 2 bridgehead atoms. The summed E-state index contributed by atoms with van der Waals surface area (Å²) in [6, 6.07) is 43.0. The van der Waals surface area contributed by atoms with Crippen molar-refractivity contribution in [1.82, 2.24) is 4.98 Å². The Bertz CT molecular complexity index is 2180. The van der Waals surface area contributed by atoms with Gasteiger partial charge in [-0.25, -0.2) is 4.99 Å². The molecule has 3 atom stereocenters. The molecule has 43 heavy (non-hydrogen) atoms. The summed E-state index contributed by atoms with van der Waals surface area (Å²) in [5.74, 6) is 2.42. The van der Waals surface area contributed by atoms with E-state index in [2.05, 4.69) is 145 Å². The lowest BCUT2D eigenvalue weighted by molar-refractivity contribution is 0.877. The van der Waals surface area contributed by atoms with Gasteiger partial charge in [-0.1, -0.05) is 121 Å². The summed E-state index contributed by atoms with van der Waals surface area (Å²) in [4.78, 5) is 9.87. The number of hydrogen-bond acceptors (Lipinski definition) is 2. The maximum absolute atomic E-state index is 5.23. The van der Waals surface area contributed by atoms with E-state index < -0.39 is 0 Å². The van der Waals surface area contributed by atoms with Gasteiger partial charge in [0.1, 0.15) is 0 Å². The first kappa shape index (κ1) is 24.3. The van der Waals surface area contributed by atoms with Gasteiger partial charge in [0.15, 0.2) is 0 Å². The average Bonchev–Trinajstić information content (AvgIpc) is 4.00. The van der Waals surface area contributed by atoms with Crippen LogP contribution in [0.1, 0.15) is 16.7 Å². The van der Waals surface area contributed by atoms with Crippen molar-refractivity contribution in [3.63, 3.8) is 0 Å². The molecule has 2 nitrogen and oxygen atoms in total. The molecule has 1 aromatic heterocycles. The highest BCUT2D eigenvalue weighted by Gasteiger charge is 2.71. The molecule has 2 heteroatoms. The molecule has 0 spiro atoms. The van der Waals surface area contributed by atoms with Crippen molar-refractivity contribution < 1.29 is 0 Å². The van der Waals surface area contributed by atoms with Crippen LogP contribution in [0.2, 0.25) is 0 Å². The van der Waals surface area contributed by atoms with E-state index in [0.717, 1.165) is 62.3 Å². The Morgan fingerprint density at radius 1 is 0.628 bits per heavy atom. The fraction of sp³-hybridized carbons (Fsp3) is 0.0732. The third-order valence-electron chi connectivity index (χ3n) is 9.26. The number of allylic oxidation sites excluding steroid dienone is 5. The molecule has 0 radical (unpaired) electrons. The van der Waals surface area contributed by atoms with E-state index >= 15 is 0 Å². The number of benzene rings is 5. The van der Waals surface area contributed by atoms with Crippen molar-refractivity contribution in [2.24, 2.45) is 22.7 Å². The molecule has 6 aromatic rings. The standard InChI is InChI=1S/C41H28N2/c1-2-7-30-24-32(19-18-27(30)6-1)37(43-33-11-3-9-31(25-33)34-20-21-36-39-38(34)40(36)39)22-15-26-13-16-28(17-14-26)35-12-4-8-29-10-5-23-42-41(29)35/h1-25,38-40H/b22-15+,43-37?/t38?,39-,40?/m0/s1. The minimum Gasteiger partial charge on any atom is -0.256 e. The van der Waals surface area contributed by atoms with Gasteiger partial charge in [-0.05, 0) is 81.1 Å². The minimum atomic E-state index is 0.742. The predicted molar refractivity (Wildman–Crippen MR) is 179 cm³/mol. The van der Waals surface area contributed by atoms with Crippen molar-refractivity contribution in [2.45, 2.75) is 0 Å². The molecule has 1 heterocycles. The Labute approximate surface area is 251 Å². The predicted octanol–water partition coefficient (Wildman–Crippen LogP) is 10.1. The van der Waals surface area contributed by atoms with Gasteiger partial charge in [0.05, 0.1) is 16.9 Å². The largest absolute Gasteiger partial charge is 0.256 e. The molecule has 5 aromatic carbocycles. The van der Waals surface area contributed by atoms with Crippen molar-refractivity contribution >= 4 is 44.7 Å². The van der Waals surface area contributed by atoms with Crippen LogP contribution >= 0.6 is 0 Å². The lowest BCUT2D eigenvalue weighted by atomic mass is 9.89. The zero-order valence-electron chi connectivity index (χ0n) is 23.6. The highest BCUT2D eigenvalue weighted by molar-refractivity contribution is 6.13. The van der Waals surface area contributed by atoms with E-state index in [1.165, 1.54) is 21.9 Å². The number of aliphatic imine (C=N–C) groups is 1. The van der Waals surface area contributed by atoms with Crippen LogP contribution in [0.25, 0.3) is 44.5 Å². The summed E-state index contributed by atoms with van der Waals surface area (Å²) < 4.78 is 0. The Morgan fingerprint density at radius 3 is 2.33 bits per heavy atom. The topological polar surface area (TPSA) is 25.2 Å². The molecular formula is C41H28N2. The SMILES string of the molecule is C1=C(c2cccc(N=C(/C=C/c3ccc(-c4cccc5cccnc45)cc3)c3ccc4ccccc4c3)c2)C2C3C(=C1)[C@@H]23. The molecule has 0 saturated heterocycles. The molecule has 4 aliphatic rings. The summed E-state index contributed by atoms with van der Waals surface area (Å²) in [7, 11) is 0. The van der Waals surface area contributed by atoms with Gasteiger partial charge in [0.2, 0.25) is 0 Å². The van der Waals surface area contributed by atoms with Gasteiger partial charge >= 0.3 is 0 Å². The van der Waals surface area contributed by atoms with Gasteiger partial charge in [0, 0.05) is 22.7 Å². The summed E-state index contributed by atoms with van der Waals surface area (Å²) >= 11 is 0. The molecule has 10 rings (SSSR count). The number of fused-ring (bicyclic) bond motifs is 3. The third kappa shape index (κ3) is 4.26. The highest BCUT2D eigenvalue weighted by Crippen LogP contribution is 2.78. The van der Waals surface area contributed by atoms with E-state index in [9.17, 15) is 0 Å². The van der Waals surface area contributed by atoms with E-state index in [0.29, 0.717) is 0 Å². The Balaban J connectivity index is 1.07. The molecule has 0 amide bonds. The number of pyridine rings is 1. The molecule has 0 N–H and O–H groups in total. The summed E-state index contributed by atoms with van der Waals surface area (Å²) in [5.41, 5.74) is 11.9. The van der Waals surface area contributed by atoms with E-state index in [4.69, 9.17) is 4.99 Å². The van der Waals surface area contributed by atoms with Crippen molar-refractivity contribution in [3.8, 4) is 11.1 Å². The van der Waals surface area contributed by atoms with Crippen LogP contribution in [0.3, 0.4) is 0 Å². The lowest BCUT2D eigenvalue weighted by Gasteiger charge is -2.16. The molecule has 2 unspecified atom stereocenters. The number of nitrogens with zero attached hydrogens (tertiary/aromatic N) is 2. The number of aromatic nitrogens is 1. The molecule has 0 aliphatic heterocycles. The number of rotatable bonds is 6. The summed E-state index contributed by atoms with van der Waals surface area (Å²) in [6.45, 7) is 0. The van der Waals surface area contributed by atoms with Crippen molar-refractivity contribution in [3.05, 3.63) is 168 Å². The minimum absolute atomic E-state index is 0.742. The Kier molecular flexibility index (Phi) is 5.42. The molecule has 2 fully saturated rings. The quantitative estimate of drug-likeness (QED) is 0.190. The second kappa shape index (κ2) is 9.61. The van der Waals surface area contributed by atoms with E-state index in [-0.39, 0.29) is 0 Å². The number of hydrogen-bond donors (Lipinski definition) is 0. The van der Waals surface area contributed by atoms with E-state index in [1.54, 1.807) is 5.57 Å². The van der Waals surface area contributed by atoms with Crippen LogP contribution in [-0.2, 0) is 0 Å². The monoisotopic (exact) mass is 548 g/mol. The van der Waals surface area contributed by atoms with Gasteiger partial charge in [-0.2, -0.15) is 0 Å². The van der Waals surface area contributed by atoms with E-state index in [1.807, 2.05) is 12.3 Å². The molecular weight excluding hydrogens is 520 g/mol. The molecule has 4 aliphatic carbocycles. The summed E-state index contributed by atoms with van der Waals surface area (Å²) in [5, 5.41) is 3.60.